The van der Waals surface area contributed by atoms with E-state index in [2.05, 4.69) is 0 Å². The lowest BCUT2D eigenvalue weighted by molar-refractivity contribution is 0.0254. The molecule has 10 heteroatoms. The summed E-state index contributed by atoms with van der Waals surface area (Å²) in [4.78, 5) is 39.9. The molecule has 32 heavy (non-hydrogen) atoms. The van der Waals surface area contributed by atoms with Crippen molar-refractivity contribution in [2.24, 2.45) is 0 Å². The lowest BCUT2D eigenvalue weighted by Gasteiger charge is -2.36. The van der Waals surface area contributed by atoms with Gasteiger partial charge in [-0.05, 0) is 75.2 Å². The second kappa shape index (κ2) is 9.23. The lowest BCUT2D eigenvalue weighted by Crippen LogP contribution is -2.63. The summed E-state index contributed by atoms with van der Waals surface area (Å²) < 4.78 is 13.4. The average Bonchev–Trinajstić information content (AvgIpc) is 2.58. The van der Waals surface area contributed by atoms with Gasteiger partial charge in [0, 0.05) is 18.5 Å². The van der Waals surface area contributed by atoms with Crippen LogP contribution >= 0.6 is 0 Å². The molecule has 1 heterocycles. The molecule has 0 radical (unpaired) electrons. The maximum Gasteiger partial charge on any atom is 0.337 e. The van der Waals surface area contributed by atoms with E-state index < -0.39 is 39.3 Å². The Hall–Kier alpha value is -3.01. The molecular weight excluding hydrogens is 414 g/mol. The van der Waals surface area contributed by atoms with Gasteiger partial charge in [-0.15, -0.1) is 0 Å². The van der Waals surface area contributed by atoms with E-state index in [1.165, 1.54) is 0 Å². The molecule has 1 rings (SSSR count). The second-order valence-corrected chi connectivity index (χ2v) is 10.5. The maximum absolute atomic E-state index is 13.6. The molecule has 0 aromatic carbocycles. The van der Waals surface area contributed by atoms with Crippen molar-refractivity contribution in [2.45, 2.75) is 110 Å². The summed E-state index contributed by atoms with van der Waals surface area (Å²) in [6, 6.07) is 0. The van der Waals surface area contributed by atoms with E-state index in [1.807, 2.05) is 0 Å². The zero-order valence-corrected chi connectivity index (χ0v) is 20.6. The van der Waals surface area contributed by atoms with Crippen LogP contribution in [0.2, 0.25) is 0 Å². The van der Waals surface area contributed by atoms with Crippen molar-refractivity contribution >= 4 is 0 Å². The van der Waals surface area contributed by atoms with Crippen molar-refractivity contribution in [3.8, 4) is 12.5 Å². The molecule has 0 aliphatic rings. The summed E-state index contributed by atoms with van der Waals surface area (Å²) >= 11 is 0. The standard InChI is InChI=1S/C22H35N5O5/c1-10-25-16(28)26(19(2,3)11-12-21(6,7)31-14-23)18(30)27(17(25)29)20(4,5)13-22(8,9)32-15-24/h10-13H2,1-9H3. The third kappa shape index (κ3) is 5.82. The minimum atomic E-state index is -1.06. The van der Waals surface area contributed by atoms with Crippen molar-refractivity contribution in [3.05, 3.63) is 31.5 Å². The van der Waals surface area contributed by atoms with Gasteiger partial charge in [-0.2, -0.15) is 10.5 Å². The van der Waals surface area contributed by atoms with Crippen LogP contribution in [0.5, 0.6) is 0 Å². The number of hydrogen-bond acceptors (Lipinski definition) is 7. The molecular formula is C22H35N5O5. The lowest BCUT2D eigenvalue weighted by atomic mass is 9.89. The van der Waals surface area contributed by atoms with Crippen LogP contribution in [0.3, 0.4) is 0 Å². The van der Waals surface area contributed by atoms with Crippen LogP contribution in [0.15, 0.2) is 14.4 Å². The molecule has 10 nitrogen and oxygen atoms in total. The van der Waals surface area contributed by atoms with Crippen LogP contribution in [0, 0.1) is 23.0 Å². The van der Waals surface area contributed by atoms with Gasteiger partial charge in [0.2, 0.25) is 0 Å². The quantitative estimate of drug-likeness (QED) is 0.501. The van der Waals surface area contributed by atoms with E-state index in [1.54, 1.807) is 74.8 Å². The Morgan fingerprint density at radius 3 is 1.59 bits per heavy atom. The Balaban J connectivity index is 3.73. The fourth-order valence-electron chi connectivity index (χ4n) is 4.07. The number of rotatable bonds is 10. The molecule has 0 unspecified atom stereocenters. The first-order valence-corrected chi connectivity index (χ1v) is 10.6. The molecule has 0 atom stereocenters. The summed E-state index contributed by atoms with van der Waals surface area (Å²) in [6.45, 7) is 15.5. The summed E-state index contributed by atoms with van der Waals surface area (Å²) in [5.41, 5.74) is -5.86. The molecule has 0 saturated carbocycles. The van der Waals surface area contributed by atoms with Crippen LogP contribution in [0.1, 0.15) is 81.6 Å². The van der Waals surface area contributed by atoms with E-state index >= 15 is 0 Å². The number of ether oxygens (including phenoxy) is 2. The summed E-state index contributed by atoms with van der Waals surface area (Å²) in [7, 11) is 0. The Bertz CT molecular complexity index is 1090. The molecule has 0 bridgehead atoms. The molecule has 0 fully saturated rings. The predicted molar refractivity (Wildman–Crippen MR) is 119 cm³/mol. The Morgan fingerprint density at radius 1 is 0.719 bits per heavy atom. The highest BCUT2D eigenvalue weighted by atomic mass is 16.5. The number of nitrogens with zero attached hydrogens (tertiary/aromatic N) is 5. The van der Waals surface area contributed by atoms with E-state index in [0.29, 0.717) is 12.8 Å². The largest absolute Gasteiger partial charge is 0.421 e. The molecule has 0 aliphatic carbocycles. The summed E-state index contributed by atoms with van der Waals surface area (Å²) in [5.74, 6) is 0. The number of aromatic nitrogens is 3. The molecule has 0 N–H and O–H groups in total. The topological polar surface area (TPSA) is 132 Å². The normalized spacial score (nSPS) is 12.7. The predicted octanol–water partition coefficient (Wildman–Crippen LogP) is 2.38. The van der Waals surface area contributed by atoms with Gasteiger partial charge in [-0.1, -0.05) is 0 Å². The van der Waals surface area contributed by atoms with Gasteiger partial charge < -0.3 is 9.47 Å². The fourth-order valence-corrected chi connectivity index (χ4v) is 4.07. The molecule has 0 spiro atoms. The van der Waals surface area contributed by atoms with Crippen molar-refractivity contribution in [1.29, 1.82) is 10.5 Å². The van der Waals surface area contributed by atoms with E-state index in [4.69, 9.17) is 20.0 Å². The third-order valence-corrected chi connectivity index (χ3v) is 5.59. The Labute approximate surface area is 188 Å². The maximum atomic E-state index is 13.6. The van der Waals surface area contributed by atoms with Crippen LogP contribution in [0.4, 0.5) is 0 Å². The van der Waals surface area contributed by atoms with Gasteiger partial charge in [0.1, 0.15) is 11.2 Å². The van der Waals surface area contributed by atoms with Gasteiger partial charge >= 0.3 is 17.1 Å². The highest BCUT2D eigenvalue weighted by molar-refractivity contribution is 4.95. The minimum absolute atomic E-state index is 0.0885. The summed E-state index contributed by atoms with van der Waals surface area (Å²) in [5, 5.41) is 17.8. The molecule has 0 saturated heterocycles. The molecule has 0 aliphatic heterocycles. The van der Waals surface area contributed by atoms with Crippen molar-refractivity contribution in [3.63, 3.8) is 0 Å². The number of nitriles is 2. The third-order valence-electron chi connectivity index (χ3n) is 5.59. The highest BCUT2D eigenvalue weighted by Gasteiger charge is 2.38. The van der Waals surface area contributed by atoms with E-state index in [0.717, 1.165) is 13.7 Å². The first-order chi connectivity index (χ1) is 14.5. The molecule has 0 amide bonds. The SMILES string of the molecule is CCn1c(=O)n(C(C)(C)CCC(C)(C)OC#N)c(=O)n(C(C)(C)CC(C)(C)OC#N)c1=O. The Morgan fingerprint density at radius 2 is 1.16 bits per heavy atom. The van der Waals surface area contributed by atoms with Gasteiger partial charge in [-0.3, -0.25) is 0 Å². The molecule has 178 valence electrons. The van der Waals surface area contributed by atoms with Crippen LogP contribution in [0.25, 0.3) is 0 Å². The van der Waals surface area contributed by atoms with Gasteiger partial charge in [0.25, 0.3) is 12.5 Å². The second-order valence-electron chi connectivity index (χ2n) is 10.5. The monoisotopic (exact) mass is 449 g/mol. The zero-order chi connectivity index (χ0) is 25.1. The van der Waals surface area contributed by atoms with Crippen molar-refractivity contribution < 1.29 is 9.47 Å². The molecule has 1 aromatic rings. The highest BCUT2D eigenvalue weighted by Crippen LogP contribution is 2.28. The molecule has 1 aromatic heterocycles. The van der Waals surface area contributed by atoms with Crippen LogP contribution in [-0.2, 0) is 27.1 Å². The smallest absolute Gasteiger partial charge is 0.337 e. The van der Waals surface area contributed by atoms with Crippen molar-refractivity contribution in [1.82, 2.24) is 13.7 Å². The number of hydrogen-bond donors (Lipinski definition) is 0. The minimum Gasteiger partial charge on any atom is -0.421 e. The summed E-state index contributed by atoms with van der Waals surface area (Å²) in [6.07, 6.45) is 4.26. The first-order valence-electron chi connectivity index (χ1n) is 10.6. The van der Waals surface area contributed by atoms with E-state index in [9.17, 15) is 14.4 Å². The van der Waals surface area contributed by atoms with Crippen LogP contribution in [-0.4, -0.2) is 24.9 Å². The van der Waals surface area contributed by atoms with Gasteiger partial charge in [-0.25, -0.2) is 28.1 Å². The van der Waals surface area contributed by atoms with E-state index in [-0.39, 0.29) is 13.0 Å². The van der Waals surface area contributed by atoms with Crippen molar-refractivity contribution in [2.75, 3.05) is 0 Å². The fraction of sp³-hybridized carbons (Fsp3) is 0.773. The Kier molecular flexibility index (Phi) is 7.80. The van der Waals surface area contributed by atoms with Gasteiger partial charge in [0.05, 0.1) is 5.54 Å². The first kappa shape index (κ1) is 27.0. The van der Waals surface area contributed by atoms with Crippen LogP contribution < -0.4 is 17.1 Å². The average molecular weight is 450 g/mol. The van der Waals surface area contributed by atoms with Gasteiger partial charge in [0.15, 0.2) is 0 Å². The zero-order valence-electron chi connectivity index (χ0n) is 20.6.